The monoisotopic (exact) mass is 301 g/mol. The van der Waals surface area contributed by atoms with Gasteiger partial charge in [0.2, 0.25) is 0 Å². The standard InChI is InChI=1S/C4H11NO2.2H2O4S/c6-3-1-5-2-4-7;2*1-5(2,3)4/h5-7H,1-4H2;2*(H2,1,2,3,4). The fourth-order valence-corrected chi connectivity index (χ4v) is 0.283. The molecule has 0 aliphatic heterocycles. The van der Waals surface area contributed by atoms with Gasteiger partial charge in [-0.05, 0) is 0 Å². The molecule has 0 unspecified atom stereocenters. The molecular formula is C4H15NO10S2. The summed E-state index contributed by atoms with van der Waals surface area (Å²) in [5.41, 5.74) is 0. The fraction of sp³-hybridized carbons (Fsp3) is 1.00. The zero-order chi connectivity index (χ0) is 14.5. The minimum atomic E-state index is -4.67. The average molecular weight is 301 g/mol. The number of hydrogen-bond acceptors (Lipinski definition) is 7. The van der Waals surface area contributed by atoms with Gasteiger partial charge in [0.25, 0.3) is 0 Å². The van der Waals surface area contributed by atoms with Gasteiger partial charge in [0.05, 0.1) is 13.2 Å². The van der Waals surface area contributed by atoms with Crippen molar-refractivity contribution < 1.29 is 45.3 Å². The molecule has 17 heavy (non-hydrogen) atoms. The number of hydrogen-bond donors (Lipinski definition) is 7. The molecular weight excluding hydrogens is 286 g/mol. The van der Waals surface area contributed by atoms with Gasteiger partial charge >= 0.3 is 20.8 Å². The van der Waals surface area contributed by atoms with Crippen LogP contribution >= 0.6 is 0 Å². The number of aliphatic hydroxyl groups is 2. The van der Waals surface area contributed by atoms with E-state index >= 15 is 0 Å². The van der Waals surface area contributed by atoms with E-state index in [1.165, 1.54) is 0 Å². The number of aliphatic hydroxyl groups excluding tert-OH is 2. The van der Waals surface area contributed by atoms with Gasteiger partial charge < -0.3 is 15.5 Å². The first kappa shape index (κ1) is 21.9. The lowest BCUT2D eigenvalue weighted by atomic mass is 10.6. The van der Waals surface area contributed by atoms with Crippen LogP contribution in [0.5, 0.6) is 0 Å². The first-order valence-electron chi connectivity index (χ1n) is 3.74. The van der Waals surface area contributed by atoms with Gasteiger partial charge in [-0.25, -0.2) is 0 Å². The summed E-state index contributed by atoms with van der Waals surface area (Å²) in [6, 6.07) is 0. The predicted octanol–water partition coefficient (Wildman–Crippen LogP) is -2.74. The Bertz CT molecular complexity index is 283. The van der Waals surface area contributed by atoms with Gasteiger partial charge in [0.1, 0.15) is 0 Å². The van der Waals surface area contributed by atoms with Gasteiger partial charge in [-0.15, -0.1) is 0 Å². The summed E-state index contributed by atoms with van der Waals surface area (Å²) in [4.78, 5) is 0. The molecule has 0 atom stereocenters. The highest BCUT2D eigenvalue weighted by atomic mass is 32.3. The molecule has 0 bridgehead atoms. The summed E-state index contributed by atoms with van der Waals surface area (Å²) in [7, 11) is -9.33. The molecule has 0 heterocycles. The Hall–Kier alpha value is -0.380. The Morgan fingerprint density at radius 1 is 0.706 bits per heavy atom. The molecule has 0 saturated heterocycles. The Labute approximate surface area is 98.2 Å². The van der Waals surface area contributed by atoms with E-state index in [4.69, 9.17) is 45.3 Å². The third kappa shape index (κ3) is 221. The summed E-state index contributed by atoms with van der Waals surface area (Å²) in [6.07, 6.45) is 0. The van der Waals surface area contributed by atoms with E-state index in [0.29, 0.717) is 13.1 Å². The van der Waals surface area contributed by atoms with Crippen LogP contribution in [0.4, 0.5) is 0 Å². The second kappa shape index (κ2) is 12.1. The molecule has 13 heteroatoms. The van der Waals surface area contributed by atoms with Crippen molar-refractivity contribution in [2.45, 2.75) is 0 Å². The van der Waals surface area contributed by atoms with Crippen molar-refractivity contribution in [2.75, 3.05) is 26.3 Å². The maximum atomic E-state index is 8.74. The van der Waals surface area contributed by atoms with E-state index in [1.807, 2.05) is 0 Å². The Kier molecular flexibility index (Phi) is 15.5. The summed E-state index contributed by atoms with van der Waals surface area (Å²) in [6.45, 7) is 1.42. The molecule has 0 rings (SSSR count). The second-order valence-corrected chi connectivity index (χ2v) is 3.88. The molecule has 7 N–H and O–H groups in total. The first-order valence-corrected chi connectivity index (χ1v) is 6.53. The lowest BCUT2D eigenvalue weighted by Crippen LogP contribution is -2.21. The number of rotatable bonds is 4. The molecule has 11 nitrogen and oxygen atoms in total. The van der Waals surface area contributed by atoms with Crippen molar-refractivity contribution in [3.8, 4) is 0 Å². The summed E-state index contributed by atoms with van der Waals surface area (Å²) in [5, 5.41) is 19.1. The molecule has 0 aliphatic rings. The minimum Gasteiger partial charge on any atom is -0.395 e. The Balaban J connectivity index is -0.000000177. The first-order chi connectivity index (χ1) is 7.41. The molecule has 108 valence electrons. The lowest BCUT2D eigenvalue weighted by molar-refractivity contribution is 0.266. The third-order valence-corrected chi connectivity index (χ3v) is 0.577. The molecule has 0 aromatic rings. The van der Waals surface area contributed by atoms with Gasteiger partial charge in [0, 0.05) is 13.1 Å². The normalized spacial score (nSPS) is 10.7. The van der Waals surface area contributed by atoms with Crippen molar-refractivity contribution in [3.05, 3.63) is 0 Å². The smallest absolute Gasteiger partial charge is 0.394 e. The summed E-state index contributed by atoms with van der Waals surface area (Å²) in [5.74, 6) is 0. The fourth-order valence-electron chi connectivity index (χ4n) is 0.283. The highest BCUT2D eigenvalue weighted by Gasteiger charge is 1.85. The van der Waals surface area contributed by atoms with Crippen molar-refractivity contribution in [1.29, 1.82) is 0 Å². The van der Waals surface area contributed by atoms with E-state index in [1.54, 1.807) is 0 Å². The van der Waals surface area contributed by atoms with Crippen molar-refractivity contribution in [2.24, 2.45) is 0 Å². The Morgan fingerprint density at radius 2 is 0.882 bits per heavy atom. The third-order valence-electron chi connectivity index (χ3n) is 0.577. The van der Waals surface area contributed by atoms with Crippen LogP contribution in [0.3, 0.4) is 0 Å². The van der Waals surface area contributed by atoms with Crippen LogP contribution in [0.2, 0.25) is 0 Å². The zero-order valence-corrected chi connectivity index (χ0v) is 10.1. The minimum absolute atomic E-state index is 0.139. The SMILES string of the molecule is O=S(=O)(O)O.O=S(=O)(O)O.OCCNCCO. The molecule has 0 amide bonds. The highest BCUT2D eigenvalue weighted by molar-refractivity contribution is 7.80. The van der Waals surface area contributed by atoms with Crippen LogP contribution in [0, 0.1) is 0 Å². The quantitative estimate of drug-likeness (QED) is 0.209. The second-order valence-electron chi connectivity index (χ2n) is 2.09. The van der Waals surface area contributed by atoms with Crippen LogP contribution in [-0.4, -0.2) is 71.6 Å². The van der Waals surface area contributed by atoms with Crippen LogP contribution in [0.25, 0.3) is 0 Å². The maximum Gasteiger partial charge on any atom is 0.394 e. The van der Waals surface area contributed by atoms with Crippen LogP contribution in [0.1, 0.15) is 0 Å². The maximum absolute atomic E-state index is 8.74. The predicted molar refractivity (Wildman–Crippen MR) is 55.4 cm³/mol. The molecule has 0 spiro atoms. The summed E-state index contributed by atoms with van der Waals surface area (Å²) < 4.78 is 63.2. The van der Waals surface area contributed by atoms with E-state index < -0.39 is 20.8 Å². The van der Waals surface area contributed by atoms with E-state index in [-0.39, 0.29) is 13.2 Å². The van der Waals surface area contributed by atoms with Gasteiger partial charge in [-0.1, -0.05) is 0 Å². The van der Waals surface area contributed by atoms with Crippen LogP contribution in [-0.2, 0) is 20.8 Å². The van der Waals surface area contributed by atoms with Crippen molar-refractivity contribution in [1.82, 2.24) is 5.32 Å². The van der Waals surface area contributed by atoms with Crippen molar-refractivity contribution >= 4 is 20.8 Å². The molecule has 0 fully saturated rings. The lowest BCUT2D eigenvalue weighted by Gasteiger charge is -1.94. The molecule has 0 aromatic carbocycles. The number of nitrogens with one attached hydrogen (secondary N) is 1. The van der Waals surface area contributed by atoms with Gasteiger partial charge in [-0.3, -0.25) is 18.2 Å². The largest absolute Gasteiger partial charge is 0.395 e. The van der Waals surface area contributed by atoms with Gasteiger partial charge in [0.15, 0.2) is 0 Å². The van der Waals surface area contributed by atoms with Gasteiger partial charge in [-0.2, -0.15) is 16.8 Å². The highest BCUT2D eigenvalue weighted by Crippen LogP contribution is 1.59. The summed E-state index contributed by atoms with van der Waals surface area (Å²) >= 11 is 0. The van der Waals surface area contributed by atoms with Crippen molar-refractivity contribution in [3.63, 3.8) is 0 Å². The van der Waals surface area contributed by atoms with E-state index in [2.05, 4.69) is 5.32 Å². The average Bonchev–Trinajstić information content (AvgIpc) is 1.99. The topological polar surface area (TPSA) is 202 Å². The molecule has 0 radical (unpaired) electrons. The van der Waals surface area contributed by atoms with E-state index in [9.17, 15) is 0 Å². The molecule has 0 aromatic heterocycles. The Morgan fingerprint density at radius 3 is 1.00 bits per heavy atom. The molecule has 0 saturated carbocycles. The van der Waals surface area contributed by atoms with E-state index in [0.717, 1.165) is 0 Å². The van der Waals surface area contributed by atoms with Crippen LogP contribution < -0.4 is 5.32 Å². The van der Waals surface area contributed by atoms with Crippen LogP contribution in [0.15, 0.2) is 0 Å². The zero-order valence-electron chi connectivity index (χ0n) is 8.46. The molecule has 0 aliphatic carbocycles.